The van der Waals surface area contributed by atoms with Crippen LogP contribution in [-0.2, 0) is 29.0 Å². The number of carbonyl (C=O) groups excluding carboxylic acids is 2. The van der Waals surface area contributed by atoms with Crippen molar-refractivity contribution in [2.75, 3.05) is 51.3 Å². The first-order chi connectivity index (χ1) is 21.1. The van der Waals surface area contributed by atoms with E-state index in [-0.39, 0.29) is 37.7 Å². The number of nitrogens with zero attached hydrogens (tertiary/aromatic N) is 7. The molecule has 12 nitrogen and oxygen atoms in total. The van der Waals surface area contributed by atoms with Crippen LogP contribution in [0, 0.1) is 11.3 Å². The molecule has 1 aromatic carbocycles. The first-order valence-electron chi connectivity index (χ1n) is 15.4. The molecule has 2 saturated heterocycles. The number of fused-ring (bicyclic) bond motifs is 1. The fraction of sp³-hybridized carbons (Fsp3) is 0.594. The second kappa shape index (κ2) is 13.7. The van der Waals surface area contributed by atoms with Gasteiger partial charge in [-0.1, -0.05) is 30.3 Å². The van der Waals surface area contributed by atoms with Gasteiger partial charge in [-0.15, -0.1) is 0 Å². The molecule has 0 spiro atoms. The Kier molecular flexibility index (Phi) is 9.74. The van der Waals surface area contributed by atoms with Gasteiger partial charge in [0.25, 0.3) is 0 Å². The minimum atomic E-state index is -0.604. The molecule has 0 aliphatic carbocycles. The molecule has 4 heterocycles. The van der Waals surface area contributed by atoms with Gasteiger partial charge >= 0.3 is 18.2 Å². The predicted molar refractivity (Wildman–Crippen MR) is 163 cm³/mol. The van der Waals surface area contributed by atoms with Crippen molar-refractivity contribution in [2.24, 2.45) is 0 Å². The fourth-order valence-corrected chi connectivity index (χ4v) is 5.93. The topological polar surface area (TPSA) is 124 Å². The summed E-state index contributed by atoms with van der Waals surface area (Å²) in [5.74, 6) is 0.730. The molecule has 2 fully saturated rings. The molecule has 12 heteroatoms. The Morgan fingerprint density at radius 2 is 1.84 bits per heavy atom. The van der Waals surface area contributed by atoms with Gasteiger partial charge in [-0.3, -0.25) is 0 Å². The predicted octanol–water partition coefficient (Wildman–Crippen LogP) is 3.98. The van der Waals surface area contributed by atoms with E-state index >= 15 is 0 Å². The number of rotatable bonds is 7. The Labute approximate surface area is 259 Å². The number of aromatic nitrogens is 2. The molecule has 0 N–H and O–H groups in total. The van der Waals surface area contributed by atoms with Crippen LogP contribution in [0.4, 0.5) is 15.4 Å². The van der Waals surface area contributed by atoms with Gasteiger partial charge in [-0.25, -0.2) is 9.59 Å². The molecular weight excluding hydrogens is 562 g/mol. The molecule has 0 saturated carbocycles. The molecule has 3 aliphatic rings. The van der Waals surface area contributed by atoms with Crippen LogP contribution in [0.5, 0.6) is 6.01 Å². The standard InChI is InChI=1S/C32H43N7O5/c1-32(2,3)44-30(40)38-16-13-26-27(20-38)34-29(42-22-25-11-8-15-36(25)4)35-28(26)37-17-18-39(24(19-37)12-14-33)31(41)43-21-23-9-6-5-7-10-23/h5-7,9-10,24-25H,8,11-13,15-22H2,1-4H3/t24-,25+/m0/s1. The number of ether oxygens (including phenoxy) is 3. The lowest BCUT2D eigenvalue weighted by molar-refractivity contribution is 0.0220. The number of piperazine rings is 1. The second-order valence-corrected chi connectivity index (χ2v) is 12.7. The molecule has 0 unspecified atom stereocenters. The molecule has 2 amide bonds. The van der Waals surface area contributed by atoms with E-state index in [2.05, 4.69) is 22.9 Å². The Hall–Kier alpha value is -4.11. The number of likely N-dealkylation sites (tertiary alicyclic amines) is 1. The number of anilines is 1. The molecule has 0 bridgehead atoms. The van der Waals surface area contributed by atoms with Crippen LogP contribution < -0.4 is 9.64 Å². The Morgan fingerprint density at radius 3 is 2.55 bits per heavy atom. The lowest BCUT2D eigenvalue weighted by Crippen LogP contribution is -2.56. The van der Waals surface area contributed by atoms with E-state index in [1.165, 1.54) is 0 Å². The van der Waals surface area contributed by atoms with Gasteiger partial charge in [0.05, 0.1) is 30.8 Å². The smallest absolute Gasteiger partial charge is 0.410 e. The van der Waals surface area contributed by atoms with Crippen molar-refractivity contribution in [3.63, 3.8) is 0 Å². The van der Waals surface area contributed by atoms with E-state index in [0.29, 0.717) is 45.2 Å². The summed E-state index contributed by atoms with van der Waals surface area (Å²) in [7, 11) is 2.10. The first kappa shape index (κ1) is 31.3. The SMILES string of the molecule is CN1CCC[C@@H]1COc1nc2c(c(N3CCN(C(=O)OCc4ccccc4)[C@@H](CC#N)C3)n1)CCN(C(=O)OC(C)(C)C)C2. The molecule has 5 rings (SSSR count). The minimum Gasteiger partial charge on any atom is -0.462 e. The van der Waals surface area contributed by atoms with Crippen molar-refractivity contribution in [3.8, 4) is 12.1 Å². The summed E-state index contributed by atoms with van der Waals surface area (Å²) in [6.45, 7) is 9.29. The Bertz CT molecular complexity index is 1360. The first-order valence-corrected chi connectivity index (χ1v) is 15.4. The van der Waals surface area contributed by atoms with E-state index < -0.39 is 11.7 Å². The fourth-order valence-electron chi connectivity index (χ4n) is 5.93. The summed E-state index contributed by atoms with van der Waals surface area (Å²) in [5.41, 5.74) is 1.98. The van der Waals surface area contributed by atoms with Crippen molar-refractivity contribution in [2.45, 2.75) is 77.3 Å². The summed E-state index contributed by atoms with van der Waals surface area (Å²) in [5, 5.41) is 9.63. The van der Waals surface area contributed by atoms with E-state index in [1.54, 1.807) is 9.80 Å². The average Bonchev–Trinajstić information content (AvgIpc) is 3.42. The van der Waals surface area contributed by atoms with Crippen LogP contribution >= 0.6 is 0 Å². The lowest BCUT2D eigenvalue weighted by atomic mass is 10.0. The van der Waals surface area contributed by atoms with Crippen molar-refractivity contribution >= 4 is 18.0 Å². The highest BCUT2D eigenvalue weighted by molar-refractivity contribution is 5.70. The maximum absolute atomic E-state index is 13.1. The molecule has 3 aliphatic heterocycles. The average molecular weight is 606 g/mol. The number of benzene rings is 1. The molecular formula is C32H43N7O5. The van der Waals surface area contributed by atoms with Gasteiger partial charge in [-0.2, -0.15) is 15.2 Å². The monoisotopic (exact) mass is 605 g/mol. The zero-order valence-electron chi connectivity index (χ0n) is 26.2. The Balaban J connectivity index is 1.35. The van der Waals surface area contributed by atoms with E-state index in [9.17, 15) is 14.9 Å². The van der Waals surface area contributed by atoms with Crippen LogP contribution in [-0.4, -0.2) is 101 Å². The van der Waals surface area contributed by atoms with Crippen molar-refractivity contribution < 1.29 is 23.8 Å². The van der Waals surface area contributed by atoms with Crippen LogP contribution in [0.15, 0.2) is 30.3 Å². The third-order valence-corrected chi connectivity index (χ3v) is 8.30. The molecule has 1 aromatic heterocycles. The highest BCUT2D eigenvalue weighted by Crippen LogP contribution is 2.31. The zero-order valence-corrected chi connectivity index (χ0v) is 26.2. The van der Waals surface area contributed by atoms with Crippen LogP contribution in [0.1, 0.15) is 56.9 Å². The molecule has 0 radical (unpaired) electrons. The Morgan fingerprint density at radius 1 is 1.05 bits per heavy atom. The number of carbonyl (C=O) groups is 2. The maximum atomic E-state index is 13.1. The number of amides is 2. The van der Waals surface area contributed by atoms with Crippen LogP contribution in [0.25, 0.3) is 0 Å². The van der Waals surface area contributed by atoms with E-state index in [0.717, 1.165) is 42.0 Å². The summed E-state index contributed by atoms with van der Waals surface area (Å²) in [6, 6.07) is 12.0. The summed E-state index contributed by atoms with van der Waals surface area (Å²) >= 11 is 0. The van der Waals surface area contributed by atoms with E-state index in [4.69, 9.17) is 24.2 Å². The quantitative estimate of drug-likeness (QED) is 0.458. The second-order valence-electron chi connectivity index (χ2n) is 12.7. The number of nitriles is 1. The van der Waals surface area contributed by atoms with E-state index in [1.807, 2.05) is 51.1 Å². The van der Waals surface area contributed by atoms with Gasteiger partial charge in [0.15, 0.2) is 0 Å². The van der Waals surface area contributed by atoms with Crippen molar-refractivity contribution in [1.29, 1.82) is 5.26 Å². The number of hydrogen-bond acceptors (Lipinski definition) is 10. The van der Waals surface area contributed by atoms with Gasteiger partial charge in [0.2, 0.25) is 0 Å². The summed E-state index contributed by atoms with van der Waals surface area (Å²) in [6.07, 6.45) is 2.08. The number of hydrogen-bond donors (Lipinski definition) is 0. The van der Waals surface area contributed by atoms with Gasteiger partial charge < -0.3 is 33.8 Å². The highest BCUT2D eigenvalue weighted by Gasteiger charge is 2.36. The highest BCUT2D eigenvalue weighted by atomic mass is 16.6. The maximum Gasteiger partial charge on any atom is 0.410 e. The minimum absolute atomic E-state index is 0.161. The molecule has 44 heavy (non-hydrogen) atoms. The molecule has 2 atom stereocenters. The van der Waals surface area contributed by atoms with Gasteiger partial charge in [0, 0.05) is 37.8 Å². The third kappa shape index (κ3) is 7.69. The van der Waals surface area contributed by atoms with Gasteiger partial charge in [0.1, 0.15) is 24.6 Å². The lowest BCUT2D eigenvalue weighted by Gasteiger charge is -2.41. The largest absolute Gasteiger partial charge is 0.462 e. The summed E-state index contributed by atoms with van der Waals surface area (Å²) < 4.78 is 17.4. The zero-order chi connectivity index (χ0) is 31.3. The third-order valence-electron chi connectivity index (χ3n) is 8.30. The molecule has 236 valence electrons. The van der Waals surface area contributed by atoms with Gasteiger partial charge in [-0.05, 0) is 59.2 Å². The van der Waals surface area contributed by atoms with Crippen molar-refractivity contribution in [1.82, 2.24) is 24.7 Å². The molecule has 2 aromatic rings. The van der Waals surface area contributed by atoms with Crippen LogP contribution in [0.2, 0.25) is 0 Å². The summed E-state index contributed by atoms with van der Waals surface area (Å²) in [4.78, 5) is 43.4. The number of likely N-dealkylation sites (N-methyl/N-ethyl adjacent to an activating group) is 1. The van der Waals surface area contributed by atoms with Crippen molar-refractivity contribution in [3.05, 3.63) is 47.2 Å². The normalized spacial score (nSPS) is 20.6. The van der Waals surface area contributed by atoms with Crippen LogP contribution in [0.3, 0.4) is 0 Å².